The Balaban J connectivity index is 2.41. The molecule has 0 N–H and O–H groups in total. The molecule has 0 fully saturated rings. The first-order valence-electron chi connectivity index (χ1n) is 4.48. The van der Waals surface area contributed by atoms with Gasteiger partial charge in [0.25, 0.3) is 0 Å². The quantitative estimate of drug-likeness (QED) is 0.629. The number of aromatic nitrogens is 1. The first kappa shape index (κ1) is 7.50. The number of hydrogen-bond acceptors (Lipinski definition) is 3. The van der Waals surface area contributed by atoms with E-state index in [0.717, 1.165) is 22.3 Å². The lowest BCUT2D eigenvalue weighted by molar-refractivity contribution is 0.381. The third-order valence-electron chi connectivity index (χ3n) is 2.25. The van der Waals surface area contributed by atoms with Gasteiger partial charge in [-0.1, -0.05) is 0 Å². The molecule has 1 aromatic heterocycles. The Morgan fingerprint density at radius 1 is 1.21 bits per heavy atom. The van der Waals surface area contributed by atoms with Gasteiger partial charge in [0.05, 0.1) is 5.52 Å². The average Bonchev–Trinajstić information content (AvgIpc) is 2.29. The largest absolute Gasteiger partial charge is 0.485 e. The number of hydrogen-bond donors (Lipinski definition) is 0. The molecule has 2 aromatic rings. The van der Waals surface area contributed by atoms with Gasteiger partial charge in [-0.15, -0.1) is 0 Å². The number of pyridine rings is 1. The van der Waals surface area contributed by atoms with Gasteiger partial charge in [0, 0.05) is 17.8 Å². The van der Waals surface area contributed by atoms with Gasteiger partial charge in [0.1, 0.15) is 12.3 Å². The number of rotatable bonds is 0. The zero-order chi connectivity index (χ0) is 9.38. The molecule has 3 rings (SSSR count). The number of nitrogens with zero attached hydrogens (tertiary/aromatic N) is 2. The fraction of sp³-hybridized carbons (Fsp3) is 0.0909. The van der Waals surface area contributed by atoms with Crippen molar-refractivity contribution in [1.82, 2.24) is 4.98 Å². The molecule has 0 atom stereocenters. The SMILES string of the molecule is C1=Nc2ccc3ncccc3c2OC1. The maximum absolute atomic E-state index is 5.55. The lowest BCUT2D eigenvalue weighted by Gasteiger charge is -2.13. The third kappa shape index (κ3) is 0.988. The standard InChI is InChI=1S/C11H8N2O/c1-2-8-9(12-5-1)3-4-10-11(8)14-7-6-13-10/h1-6H,7H2. The Labute approximate surface area is 81.1 Å². The van der Waals surface area contributed by atoms with E-state index in [-0.39, 0.29) is 0 Å². The molecule has 1 aliphatic heterocycles. The lowest BCUT2D eigenvalue weighted by atomic mass is 10.1. The van der Waals surface area contributed by atoms with E-state index >= 15 is 0 Å². The minimum atomic E-state index is 0.543. The molecule has 0 bridgehead atoms. The zero-order valence-electron chi connectivity index (χ0n) is 7.47. The summed E-state index contributed by atoms with van der Waals surface area (Å²) in [6.07, 6.45) is 3.55. The van der Waals surface area contributed by atoms with E-state index in [0.29, 0.717) is 6.61 Å². The highest BCUT2D eigenvalue weighted by atomic mass is 16.5. The van der Waals surface area contributed by atoms with E-state index in [1.165, 1.54) is 0 Å². The molecule has 0 amide bonds. The van der Waals surface area contributed by atoms with Crippen LogP contribution in [-0.4, -0.2) is 17.8 Å². The highest BCUT2D eigenvalue weighted by Crippen LogP contribution is 2.35. The van der Waals surface area contributed by atoms with Crippen LogP contribution in [0.2, 0.25) is 0 Å². The molecule has 0 unspecified atom stereocenters. The van der Waals surface area contributed by atoms with Crippen molar-refractivity contribution >= 4 is 22.8 Å². The highest BCUT2D eigenvalue weighted by Gasteiger charge is 2.10. The normalized spacial score (nSPS) is 13.7. The predicted octanol–water partition coefficient (Wildman–Crippen LogP) is 2.33. The van der Waals surface area contributed by atoms with Crippen molar-refractivity contribution in [3.8, 4) is 5.75 Å². The van der Waals surface area contributed by atoms with Crippen molar-refractivity contribution in [3.63, 3.8) is 0 Å². The summed E-state index contributed by atoms with van der Waals surface area (Å²) in [6, 6.07) is 7.80. The summed E-state index contributed by atoms with van der Waals surface area (Å²) in [7, 11) is 0. The van der Waals surface area contributed by atoms with E-state index in [2.05, 4.69) is 9.98 Å². The van der Waals surface area contributed by atoms with Crippen LogP contribution in [0.4, 0.5) is 5.69 Å². The number of fused-ring (bicyclic) bond motifs is 3. The maximum atomic E-state index is 5.55. The molecule has 3 heteroatoms. The van der Waals surface area contributed by atoms with Crippen molar-refractivity contribution in [3.05, 3.63) is 30.5 Å². The molecule has 0 spiro atoms. The number of benzene rings is 1. The highest BCUT2D eigenvalue weighted by molar-refractivity contribution is 5.92. The first-order valence-corrected chi connectivity index (χ1v) is 4.48. The van der Waals surface area contributed by atoms with Crippen LogP contribution in [0.1, 0.15) is 0 Å². The molecule has 68 valence electrons. The first-order chi connectivity index (χ1) is 6.95. The molecule has 3 nitrogen and oxygen atoms in total. The van der Waals surface area contributed by atoms with Crippen molar-refractivity contribution in [2.75, 3.05) is 6.61 Å². The van der Waals surface area contributed by atoms with Gasteiger partial charge < -0.3 is 4.74 Å². The zero-order valence-corrected chi connectivity index (χ0v) is 7.47. The van der Waals surface area contributed by atoms with Gasteiger partial charge in [-0.3, -0.25) is 9.98 Å². The summed E-state index contributed by atoms with van der Waals surface area (Å²) in [5.74, 6) is 0.845. The monoisotopic (exact) mass is 184 g/mol. The predicted molar refractivity (Wildman–Crippen MR) is 55.4 cm³/mol. The Bertz CT molecular complexity index is 520. The Hall–Kier alpha value is -1.90. The lowest BCUT2D eigenvalue weighted by Crippen LogP contribution is -2.03. The second kappa shape index (κ2) is 2.80. The molecule has 0 aliphatic carbocycles. The Morgan fingerprint density at radius 3 is 3.21 bits per heavy atom. The van der Waals surface area contributed by atoms with Crippen molar-refractivity contribution in [2.45, 2.75) is 0 Å². The second-order valence-corrected chi connectivity index (χ2v) is 3.11. The van der Waals surface area contributed by atoms with E-state index in [1.54, 1.807) is 12.4 Å². The van der Waals surface area contributed by atoms with Gasteiger partial charge in [-0.2, -0.15) is 0 Å². The van der Waals surface area contributed by atoms with Crippen molar-refractivity contribution in [2.24, 2.45) is 4.99 Å². The fourth-order valence-corrected chi connectivity index (χ4v) is 1.62. The summed E-state index contributed by atoms with van der Waals surface area (Å²) in [6.45, 7) is 0.543. The van der Waals surface area contributed by atoms with E-state index < -0.39 is 0 Å². The summed E-state index contributed by atoms with van der Waals surface area (Å²) in [4.78, 5) is 8.52. The van der Waals surface area contributed by atoms with Gasteiger partial charge in [-0.05, 0) is 24.3 Å². The van der Waals surface area contributed by atoms with Crippen LogP contribution in [0.3, 0.4) is 0 Å². The fourth-order valence-electron chi connectivity index (χ4n) is 1.62. The minimum Gasteiger partial charge on any atom is -0.485 e. The Kier molecular flexibility index (Phi) is 1.50. The van der Waals surface area contributed by atoms with Gasteiger partial charge in [0.15, 0.2) is 5.75 Å². The molecule has 14 heavy (non-hydrogen) atoms. The van der Waals surface area contributed by atoms with Crippen LogP contribution < -0.4 is 4.74 Å². The molecule has 1 aliphatic rings. The number of aliphatic imine (C=N–C) groups is 1. The molecule has 2 heterocycles. The van der Waals surface area contributed by atoms with Gasteiger partial charge in [-0.25, -0.2) is 0 Å². The summed E-state index contributed by atoms with van der Waals surface area (Å²) >= 11 is 0. The van der Waals surface area contributed by atoms with Gasteiger partial charge in [0.2, 0.25) is 0 Å². The molecular weight excluding hydrogens is 176 g/mol. The molecule has 0 saturated carbocycles. The molecule has 0 radical (unpaired) electrons. The van der Waals surface area contributed by atoms with Crippen LogP contribution in [-0.2, 0) is 0 Å². The van der Waals surface area contributed by atoms with Gasteiger partial charge >= 0.3 is 0 Å². The molecular formula is C11H8N2O. The van der Waals surface area contributed by atoms with Crippen LogP contribution in [0.25, 0.3) is 10.9 Å². The van der Waals surface area contributed by atoms with Crippen molar-refractivity contribution in [1.29, 1.82) is 0 Å². The van der Waals surface area contributed by atoms with Crippen LogP contribution >= 0.6 is 0 Å². The van der Waals surface area contributed by atoms with Crippen molar-refractivity contribution < 1.29 is 4.74 Å². The van der Waals surface area contributed by atoms with Crippen LogP contribution in [0.15, 0.2) is 35.5 Å². The van der Waals surface area contributed by atoms with E-state index in [4.69, 9.17) is 4.74 Å². The minimum absolute atomic E-state index is 0.543. The average molecular weight is 184 g/mol. The molecule has 0 saturated heterocycles. The van der Waals surface area contributed by atoms with Crippen LogP contribution in [0, 0.1) is 0 Å². The van der Waals surface area contributed by atoms with E-state index in [1.807, 2.05) is 24.3 Å². The smallest absolute Gasteiger partial charge is 0.154 e. The van der Waals surface area contributed by atoms with E-state index in [9.17, 15) is 0 Å². The Morgan fingerprint density at radius 2 is 2.21 bits per heavy atom. The summed E-state index contributed by atoms with van der Waals surface area (Å²) in [5, 5.41) is 1.03. The summed E-state index contributed by atoms with van der Waals surface area (Å²) < 4.78 is 5.55. The number of ether oxygens (including phenoxy) is 1. The maximum Gasteiger partial charge on any atom is 0.154 e. The summed E-state index contributed by atoms with van der Waals surface area (Å²) in [5.41, 5.74) is 1.83. The second-order valence-electron chi connectivity index (χ2n) is 3.11. The molecule has 1 aromatic carbocycles. The topological polar surface area (TPSA) is 34.5 Å². The third-order valence-corrected chi connectivity index (χ3v) is 2.25. The van der Waals surface area contributed by atoms with Crippen LogP contribution in [0.5, 0.6) is 5.75 Å².